The van der Waals surface area contributed by atoms with Gasteiger partial charge in [-0.3, -0.25) is 14.3 Å². The maximum atomic E-state index is 12.9. The Labute approximate surface area is 154 Å². The lowest BCUT2D eigenvalue weighted by Crippen LogP contribution is -2.52. The monoisotopic (exact) mass is 354 g/mol. The van der Waals surface area contributed by atoms with Gasteiger partial charge in [0.15, 0.2) is 0 Å². The number of carbonyl (C=O) groups is 2. The van der Waals surface area contributed by atoms with Gasteiger partial charge >= 0.3 is 0 Å². The van der Waals surface area contributed by atoms with Crippen LogP contribution in [0, 0.1) is 6.92 Å². The lowest BCUT2D eigenvalue weighted by Gasteiger charge is -2.34. The molecule has 0 unspecified atom stereocenters. The molecule has 0 bridgehead atoms. The minimum atomic E-state index is -0.122. The predicted molar refractivity (Wildman–Crippen MR) is 101 cm³/mol. The van der Waals surface area contributed by atoms with Crippen molar-refractivity contribution >= 4 is 17.5 Å². The highest BCUT2D eigenvalue weighted by molar-refractivity contribution is 6.01. The Balaban J connectivity index is 1.75. The summed E-state index contributed by atoms with van der Waals surface area (Å²) in [5.74, 6) is 0.0811. The molecule has 0 radical (unpaired) electrons. The van der Waals surface area contributed by atoms with Crippen LogP contribution in [0.2, 0.25) is 0 Å². The van der Waals surface area contributed by atoms with E-state index in [2.05, 4.69) is 18.9 Å². The Morgan fingerprint density at radius 1 is 1.19 bits per heavy atom. The summed E-state index contributed by atoms with van der Waals surface area (Å²) in [6, 6.07) is 9.74. The van der Waals surface area contributed by atoms with E-state index in [1.165, 1.54) is 0 Å². The summed E-state index contributed by atoms with van der Waals surface area (Å²) in [7, 11) is 0. The molecule has 1 aromatic carbocycles. The van der Waals surface area contributed by atoms with Crippen molar-refractivity contribution < 1.29 is 9.59 Å². The lowest BCUT2D eigenvalue weighted by molar-refractivity contribution is -0.120. The van der Waals surface area contributed by atoms with Crippen LogP contribution in [0.3, 0.4) is 0 Å². The summed E-state index contributed by atoms with van der Waals surface area (Å²) >= 11 is 0. The van der Waals surface area contributed by atoms with Crippen molar-refractivity contribution in [3.05, 3.63) is 47.3 Å². The van der Waals surface area contributed by atoms with Gasteiger partial charge in [0.1, 0.15) is 12.2 Å². The van der Waals surface area contributed by atoms with Crippen molar-refractivity contribution in [3.63, 3.8) is 0 Å². The summed E-state index contributed by atoms with van der Waals surface area (Å²) in [6.45, 7) is 9.85. The molecule has 1 saturated heterocycles. The maximum Gasteiger partial charge on any atom is 0.272 e. The average Bonchev–Trinajstić information content (AvgIpc) is 3.06. The largest absolute Gasteiger partial charge is 0.326 e. The predicted octanol–water partition coefficient (Wildman–Crippen LogP) is 2.82. The summed E-state index contributed by atoms with van der Waals surface area (Å²) in [5, 5.41) is 4.51. The fourth-order valence-electron chi connectivity index (χ4n) is 3.14. The molecule has 1 aliphatic rings. The van der Waals surface area contributed by atoms with E-state index >= 15 is 0 Å². The van der Waals surface area contributed by atoms with Crippen molar-refractivity contribution in [1.29, 1.82) is 0 Å². The Kier molecular flexibility index (Phi) is 5.11. The van der Waals surface area contributed by atoms with Gasteiger partial charge in [0, 0.05) is 25.3 Å². The lowest BCUT2D eigenvalue weighted by atomic mass is 10.1. The van der Waals surface area contributed by atoms with Crippen LogP contribution >= 0.6 is 0 Å². The topological polar surface area (TPSA) is 58.4 Å². The number of amides is 2. The molecule has 3 rings (SSSR count). The average molecular weight is 354 g/mol. The van der Waals surface area contributed by atoms with Crippen molar-refractivity contribution in [1.82, 2.24) is 14.7 Å². The Bertz CT molecular complexity index is 808. The van der Waals surface area contributed by atoms with Crippen LogP contribution in [0.5, 0.6) is 0 Å². The molecule has 2 heterocycles. The first-order valence-electron chi connectivity index (χ1n) is 9.14. The summed E-state index contributed by atoms with van der Waals surface area (Å²) in [5.41, 5.74) is 3.50. The van der Waals surface area contributed by atoms with Crippen LogP contribution in [-0.4, -0.2) is 46.1 Å². The van der Waals surface area contributed by atoms with Gasteiger partial charge in [0.05, 0.1) is 5.69 Å². The van der Waals surface area contributed by atoms with Crippen molar-refractivity contribution in [2.24, 2.45) is 0 Å². The smallest absolute Gasteiger partial charge is 0.272 e. The molecule has 0 atom stereocenters. The van der Waals surface area contributed by atoms with Gasteiger partial charge in [0.25, 0.3) is 5.91 Å². The van der Waals surface area contributed by atoms with E-state index in [1.54, 1.807) is 14.5 Å². The number of aryl methyl sites for hydroxylation is 2. The Morgan fingerprint density at radius 2 is 1.88 bits per heavy atom. The van der Waals surface area contributed by atoms with Crippen LogP contribution in [0.15, 0.2) is 30.3 Å². The molecular weight excluding hydrogens is 328 g/mol. The first-order chi connectivity index (χ1) is 12.4. The third kappa shape index (κ3) is 3.49. The number of benzene rings is 1. The van der Waals surface area contributed by atoms with Crippen molar-refractivity contribution in [3.8, 4) is 0 Å². The van der Waals surface area contributed by atoms with Crippen molar-refractivity contribution in [2.45, 2.75) is 40.2 Å². The quantitative estimate of drug-likeness (QED) is 0.848. The highest BCUT2D eigenvalue weighted by Crippen LogP contribution is 2.20. The van der Waals surface area contributed by atoms with E-state index in [4.69, 9.17) is 0 Å². The highest BCUT2D eigenvalue weighted by Gasteiger charge is 2.30. The van der Waals surface area contributed by atoms with Gasteiger partial charge in [-0.15, -0.1) is 0 Å². The number of carbonyl (C=O) groups excluding carboxylic acids is 2. The van der Waals surface area contributed by atoms with Crippen molar-refractivity contribution in [2.75, 3.05) is 24.5 Å². The molecule has 6 heteroatoms. The molecule has 26 heavy (non-hydrogen) atoms. The number of aromatic nitrogens is 2. The van der Waals surface area contributed by atoms with Crippen LogP contribution in [0.25, 0.3) is 0 Å². The molecule has 0 spiro atoms. The third-order valence-corrected chi connectivity index (χ3v) is 4.76. The standard InChI is InChI=1S/C20H26N4O2/c1-5-24-18(12-17(21-24)14(2)3)20(26)22-10-11-23(19(25)13-22)16-8-6-15(4)7-9-16/h6-9,12,14H,5,10-11,13H2,1-4H3. The maximum absolute atomic E-state index is 12.9. The molecule has 1 aromatic heterocycles. The van der Waals surface area contributed by atoms with E-state index < -0.39 is 0 Å². The van der Waals surface area contributed by atoms with Crippen LogP contribution in [-0.2, 0) is 11.3 Å². The van der Waals surface area contributed by atoms with Gasteiger partial charge in [-0.05, 0) is 38.0 Å². The fraction of sp³-hybridized carbons (Fsp3) is 0.450. The second-order valence-electron chi connectivity index (χ2n) is 7.03. The minimum absolute atomic E-state index is 0.0555. The van der Waals surface area contributed by atoms with Gasteiger partial charge in [-0.25, -0.2) is 0 Å². The molecule has 6 nitrogen and oxygen atoms in total. The van der Waals surface area contributed by atoms with Crippen LogP contribution in [0.1, 0.15) is 48.4 Å². The second-order valence-corrected chi connectivity index (χ2v) is 7.03. The first kappa shape index (κ1) is 18.2. The van der Waals surface area contributed by atoms with Gasteiger partial charge < -0.3 is 9.80 Å². The molecule has 0 aliphatic carbocycles. The third-order valence-electron chi connectivity index (χ3n) is 4.76. The van der Waals surface area contributed by atoms with Crippen LogP contribution < -0.4 is 4.90 Å². The number of hydrogen-bond acceptors (Lipinski definition) is 3. The molecule has 1 aliphatic heterocycles. The normalized spacial score (nSPS) is 15.0. The number of nitrogens with zero attached hydrogens (tertiary/aromatic N) is 4. The van der Waals surface area contributed by atoms with E-state index in [1.807, 2.05) is 44.2 Å². The molecule has 0 N–H and O–H groups in total. The van der Waals surface area contributed by atoms with Gasteiger partial charge in [-0.1, -0.05) is 31.5 Å². The molecular formula is C20H26N4O2. The van der Waals surface area contributed by atoms with Gasteiger partial charge in [0.2, 0.25) is 5.91 Å². The molecule has 0 saturated carbocycles. The van der Waals surface area contributed by atoms with E-state index in [-0.39, 0.29) is 24.3 Å². The zero-order chi connectivity index (χ0) is 18.8. The number of piperazine rings is 1. The van der Waals surface area contributed by atoms with Gasteiger partial charge in [-0.2, -0.15) is 5.10 Å². The minimum Gasteiger partial charge on any atom is -0.326 e. The fourth-order valence-corrected chi connectivity index (χ4v) is 3.14. The SMILES string of the molecule is CCn1nc(C(C)C)cc1C(=O)N1CCN(c2ccc(C)cc2)C(=O)C1. The molecule has 2 aromatic rings. The van der Waals surface area contributed by atoms with E-state index in [9.17, 15) is 9.59 Å². The molecule has 138 valence electrons. The van der Waals surface area contributed by atoms with Crippen LogP contribution in [0.4, 0.5) is 5.69 Å². The number of rotatable bonds is 4. The number of hydrogen-bond donors (Lipinski definition) is 0. The number of anilines is 1. The summed E-state index contributed by atoms with van der Waals surface area (Å²) in [4.78, 5) is 28.9. The van der Waals surface area contributed by atoms with E-state index in [0.717, 1.165) is 16.9 Å². The molecule has 1 fully saturated rings. The van der Waals surface area contributed by atoms with E-state index in [0.29, 0.717) is 25.3 Å². The summed E-state index contributed by atoms with van der Waals surface area (Å²) < 4.78 is 1.73. The zero-order valence-corrected chi connectivity index (χ0v) is 15.9. The first-order valence-corrected chi connectivity index (χ1v) is 9.14. The second kappa shape index (κ2) is 7.32. The Morgan fingerprint density at radius 3 is 2.46 bits per heavy atom. The zero-order valence-electron chi connectivity index (χ0n) is 15.9. The highest BCUT2D eigenvalue weighted by atomic mass is 16.2. The molecule has 2 amide bonds. The summed E-state index contributed by atoms with van der Waals surface area (Å²) in [6.07, 6.45) is 0. The Hall–Kier alpha value is -2.63.